The Morgan fingerprint density at radius 3 is 2.23 bits per heavy atom. The third-order valence-corrected chi connectivity index (χ3v) is 7.79. The van der Waals surface area contributed by atoms with Crippen molar-refractivity contribution in [2.75, 3.05) is 16.3 Å². The van der Waals surface area contributed by atoms with Crippen molar-refractivity contribution < 1.29 is 29.1 Å². The SMILES string of the molecule is O=C(O)c1ccc2c(c1)C(=O)N(CC(=O)N1c3ccccc3N(Cc3ccccc3)C(=O)[C@H]3CCC[C@H]31)C2=O. The van der Waals surface area contributed by atoms with Crippen LogP contribution in [0.15, 0.2) is 72.8 Å². The van der Waals surface area contributed by atoms with Crippen LogP contribution < -0.4 is 9.80 Å². The molecule has 0 saturated heterocycles. The predicted molar refractivity (Wildman–Crippen MR) is 141 cm³/mol. The highest BCUT2D eigenvalue weighted by molar-refractivity contribution is 6.23. The Bertz CT molecular complexity index is 1530. The van der Waals surface area contributed by atoms with Gasteiger partial charge < -0.3 is 14.9 Å². The second-order valence-electron chi connectivity index (χ2n) is 10.0. The van der Waals surface area contributed by atoms with Crippen molar-refractivity contribution in [1.82, 2.24) is 4.90 Å². The standard InChI is InChI=1S/C30H25N3O6/c34-26(17-32-27(35)20-14-13-19(30(38)39)15-22(20)29(32)37)33-23-12-6-9-21(23)28(36)31(16-18-7-2-1-3-8-18)24-10-4-5-11-25(24)33/h1-5,7-8,10-11,13-15,21,23H,6,9,12,16-17H2,(H,38,39)/t21-,23+/m0/s1. The zero-order chi connectivity index (χ0) is 27.3. The second kappa shape index (κ2) is 9.50. The van der Waals surface area contributed by atoms with Crippen molar-refractivity contribution in [2.45, 2.75) is 31.8 Å². The third-order valence-electron chi connectivity index (χ3n) is 7.79. The summed E-state index contributed by atoms with van der Waals surface area (Å²) in [5.74, 6) is -3.50. The van der Waals surface area contributed by atoms with Gasteiger partial charge in [0.1, 0.15) is 6.54 Å². The highest BCUT2D eigenvalue weighted by Crippen LogP contribution is 2.43. The van der Waals surface area contributed by atoms with Crippen molar-refractivity contribution >= 4 is 41.0 Å². The Hall–Kier alpha value is -4.79. The van der Waals surface area contributed by atoms with Gasteiger partial charge in [-0.05, 0) is 48.7 Å². The average molecular weight is 524 g/mol. The summed E-state index contributed by atoms with van der Waals surface area (Å²) in [6.07, 6.45) is 2.04. The van der Waals surface area contributed by atoms with Gasteiger partial charge in [-0.15, -0.1) is 0 Å². The molecule has 1 aliphatic carbocycles. The van der Waals surface area contributed by atoms with Gasteiger partial charge in [0, 0.05) is 6.04 Å². The predicted octanol–water partition coefficient (Wildman–Crippen LogP) is 3.73. The number of amides is 4. The molecule has 0 spiro atoms. The van der Waals surface area contributed by atoms with Crippen LogP contribution >= 0.6 is 0 Å². The highest BCUT2D eigenvalue weighted by atomic mass is 16.4. The molecule has 196 valence electrons. The number of anilines is 2. The topological polar surface area (TPSA) is 115 Å². The molecule has 3 aromatic rings. The van der Waals surface area contributed by atoms with E-state index in [-0.39, 0.29) is 22.6 Å². The minimum absolute atomic E-state index is 0.0353. The summed E-state index contributed by atoms with van der Waals surface area (Å²) in [5, 5.41) is 9.29. The van der Waals surface area contributed by atoms with Gasteiger partial charge in [-0.25, -0.2) is 4.79 Å². The lowest BCUT2D eigenvalue weighted by atomic mass is 10.0. The van der Waals surface area contributed by atoms with E-state index in [1.54, 1.807) is 21.9 Å². The number of aromatic carboxylic acids is 1. The first-order valence-corrected chi connectivity index (χ1v) is 12.8. The van der Waals surface area contributed by atoms with Gasteiger partial charge in [0.2, 0.25) is 11.8 Å². The van der Waals surface area contributed by atoms with Crippen LogP contribution in [0.1, 0.15) is 55.9 Å². The molecular weight excluding hydrogens is 498 g/mol. The maximum Gasteiger partial charge on any atom is 0.335 e. The molecular formula is C30H25N3O6. The van der Waals surface area contributed by atoms with Gasteiger partial charge in [0.15, 0.2) is 0 Å². The lowest BCUT2D eigenvalue weighted by Crippen LogP contribution is -2.49. The van der Waals surface area contributed by atoms with Crippen LogP contribution in [0.2, 0.25) is 0 Å². The molecule has 1 saturated carbocycles. The summed E-state index contributed by atoms with van der Waals surface area (Å²) < 4.78 is 0. The monoisotopic (exact) mass is 523 g/mol. The molecule has 6 rings (SSSR count). The van der Waals surface area contributed by atoms with E-state index in [2.05, 4.69) is 0 Å². The molecule has 9 nitrogen and oxygen atoms in total. The molecule has 2 atom stereocenters. The Labute approximate surface area is 224 Å². The molecule has 1 N–H and O–H groups in total. The molecule has 4 amide bonds. The number of hydrogen-bond donors (Lipinski definition) is 1. The van der Waals surface area contributed by atoms with E-state index in [4.69, 9.17) is 0 Å². The van der Waals surface area contributed by atoms with Crippen LogP contribution in [0.25, 0.3) is 0 Å². The normalized spacial score (nSPS) is 20.0. The Morgan fingerprint density at radius 1 is 0.795 bits per heavy atom. The summed E-state index contributed by atoms with van der Waals surface area (Å²) in [7, 11) is 0. The molecule has 3 aromatic carbocycles. The average Bonchev–Trinajstić information content (AvgIpc) is 3.49. The van der Waals surface area contributed by atoms with Crippen molar-refractivity contribution in [3.05, 3.63) is 95.1 Å². The number of carboxylic acid groups (broad SMARTS) is 1. The van der Waals surface area contributed by atoms with Crippen LogP contribution in [-0.4, -0.2) is 52.2 Å². The second-order valence-corrected chi connectivity index (χ2v) is 10.0. The first-order chi connectivity index (χ1) is 18.8. The summed E-state index contributed by atoms with van der Waals surface area (Å²) in [5.41, 5.74) is 2.04. The van der Waals surface area contributed by atoms with Crippen LogP contribution in [0.3, 0.4) is 0 Å². The van der Waals surface area contributed by atoms with Crippen molar-refractivity contribution in [2.24, 2.45) is 5.92 Å². The molecule has 0 radical (unpaired) electrons. The van der Waals surface area contributed by atoms with Crippen LogP contribution in [0.5, 0.6) is 0 Å². The molecule has 2 heterocycles. The van der Waals surface area contributed by atoms with Gasteiger partial charge in [0.05, 0.1) is 40.5 Å². The molecule has 2 aliphatic heterocycles. The van der Waals surface area contributed by atoms with Crippen molar-refractivity contribution in [3.8, 4) is 0 Å². The van der Waals surface area contributed by atoms with Gasteiger partial charge in [-0.2, -0.15) is 0 Å². The zero-order valence-electron chi connectivity index (χ0n) is 20.9. The summed E-state index contributed by atoms with van der Waals surface area (Å²) in [6, 6.07) is 20.2. The van der Waals surface area contributed by atoms with Gasteiger partial charge in [-0.1, -0.05) is 48.9 Å². The number of hydrogen-bond acceptors (Lipinski definition) is 5. The van der Waals surface area contributed by atoms with Gasteiger partial charge in [-0.3, -0.25) is 24.1 Å². The largest absolute Gasteiger partial charge is 0.478 e. The molecule has 0 bridgehead atoms. The van der Waals surface area contributed by atoms with Gasteiger partial charge in [0.25, 0.3) is 11.8 Å². The summed E-state index contributed by atoms with van der Waals surface area (Å²) in [6.45, 7) is -0.161. The minimum atomic E-state index is -1.22. The zero-order valence-corrected chi connectivity index (χ0v) is 20.9. The van der Waals surface area contributed by atoms with E-state index in [1.165, 1.54) is 12.1 Å². The lowest BCUT2D eigenvalue weighted by Gasteiger charge is -2.31. The number of para-hydroxylation sites is 2. The number of carboxylic acids is 1. The van der Waals surface area contributed by atoms with Crippen molar-refractivity contribution in [1.29, 1.82) is 0 Å². The number of carbonyl (C=O) groups excluding carboxylic acids is 4. The molecule has 1 fully saturated rings. The fourth-order valence-electron chi connectivity index (χ4n) is 5.96. The number of carbonyl (C=O) groups is 5. The smallest absolute Gasteiger partial charge is 0.335 e. The quantitative estimate of drug-likeness (QED) is 0.510. The molecule has 0 aromatic heterocycles. The van der Waals surface area contributed by atoms with Crippen molar-refractivity contribution in [3.63, 3.8) is 0 Å². The molecule has 3 aliphatic rings. The first-order valence-electron chi connectivity index (χ1n) is 12.8. The van der Waals surface area contributed by atoms with E-state index >= 15 is 0 Å². The van der Waals surface area contributed by atoms with Crippen LogP contribution in [-0.2, 0) is 16.1 Å². The van der Waals surface area contributed by atoms with E-state index in [9.17, 15) is 29.1 Å². The summed E-state index contributed by atoms with van der Waals surface area (Å²) >= 11 is 0. The minimum Gasteiger partial charge on any atom is -0.478 e. The number of benzene rings is 3. The number of nitrogens with zero attached hydrogens (tertiary/aromatic N) is 3. The van der Waals surface area contributed by atoms with E-state index < -0.39 is 42.2 Å². The number of rotatable bonds is 5. The highest BCUT2D eigenvalue weighted by Gasteiger charge is 2.47. The van der Waals surface area contributed by atoms with Crippen LogP contribution in [0, 0.1) is 5.92 Å². The number of imide groups is 1. The molecule has 9 heteroatoms. The Morgan fingerprint density at radius 2 is 1.49 bits per heavy atom. The Balaban J connectivity index is 1.35. The Kier molecular flexibility index (Phi) is 5.98. The molecule has 39 heavy (non-hydrogen) atoms. The first kappa shape index (κ1) is 24.5. The maximum atomic E-state index is 14.0. The van der Waals surface area contributed by atoms with E-state index in [0.29, 0.717) is 30.8 Å². The fourth-order valence-corrected chi connectivity index (χ4v) is 5.96. The molecule has 0 unspecified atom stereocenters. The third kappa shape index (κ3) is 4.06. The van der Waals surface area contributed by atoms with Crippen LogP contribution in [0.4, 0.5) is 11.4 Å². The summed E-state index contributed by atoms with van der Waals surface area (Å²) in [4.78, 5) is 69.6. The van der Waals surface area contributed by atoms with Gasteiger partial charge >= 0.3 is 5.97 Å². The number of fused-ring (bicyclic) bond motifs is 3. The van der Waals surface area contributed by atoms with E-state index in [1.807, 2.05) is 42.5 Å². The van der Waals surface area contributed by atoms with E-state index in [0.717, 1.165) is 23.0 Å². The fraction of sp³-hybridized carbons (Fsp3) is 0.233. The lowest BCUT2D eigenvalue weighted by molar-refractivity contribution is -0.123. The maximum absolute atomic E-state index is 14.0.